The van der Waals surface area contributed by atoms with Crippen LogP contribution in [0.2, 0.25) is 0 Å². The van der Waals surface area contributed by atoms with Crippen LogP contribution in [0.1, 0.15) is 38.6 Å². The Balaban J connectivity index is 1.77. The van der Waals surface area contributed by atoms with Crippen molar-refractivity contribution < 1.29 is 9.53 Å². The van der Waals surface area contributed by atoms with Gasteiger partial charge in [0.1, 0.15) is 17.3 Å². The first-order valence-corrected chi connectivity index (χ1v) is 9.58. The van der Waals surface area contributed by atoms with E-state index in [-0.39, 0.29) is 30.0 Å². The average molecular weight is 386 g/mol. The van der Waals surface area contributed by atoms with Crippen LogP contribution < -0.4 is 15.6 Å². The Morgan fingerprint density at radius 1 is 1.22 bits per heavy atom. The van der Waals surface area contributed by atoms with Gasteiger partial charge in [0.15, 0.2) is 0 Å². The molecule has 0 radical (unpaired) electrons. The predicted molar refractivity (Wildman–Crippen MR) is 107 cm³/mol. The van der Waals surface area contributed by atoms with Gasteiger partial charge in [0.25, 0.3) is 5.56 Å². The first kappa shape index (κ1) is 19.0. The van der Waals surface area contributed by atoms with E-state index in [2.05, 4.69) is 15.5 Å². The maximum absolute atomic E-state index is 12.7. The molecular weight excluding hydrogens is 364 g/mol. The molecule has 0 atom stereocenters. The number of aromatic nitrogens is 3. The highest BCUT2D eigenvalue weighted by atomic mass is 32.1. The molecule has 0 bridgehead atoms. The number of ether oxygens (including phenoxy) is 1. The second kappa shape index (κ2) is 7.87. The number of nitrogens with one attached hydrogen (secondary N) is 1. The van der Waals surface area contributed by atoms with Crippen molar-refractivity contribution >= 4 is 33.1 Å². The first-order valence-electron chi connectivity index (χ1n) is 8.76. The van der Waals surface area contributed by atoms with Crippen molar-refractivity contribution in [1.29, 1.82) is 0 Å². The Bertz CT molecular complexity index is 1020. The zero-order valence-corrected chi connectivity index (χ0v) is 16.5. The van der Waals surface area contributed by atoms with Gasteiger partial charge < -0.3 is 9.30 Å². The van der Waals surface area contributed by atoms with E-state index >= 15 is 0 Å². The molecule has 0 aliphatic rings. The Morgan fingerprint density at radius 2 is 2.00 bits per heavy atom. The summed E-state index contributed by atoms with van der Waals surface area (Å²) in [6.45, 7) is 7.83. The lowest BCUT2D eigenvalue weighted by Gasteiger charge is -2.11. The summed E-state index contributed by atoms with van der Waals surface area (Å²) in [5.74, 6) is 0.646. The van der Waals surface area contributed by atoms with Crippen LogP contribution in [0.3, 0.4) is 0 Å². The van der Waals surface area contributed by atoms with Crippen LogP contribution in [0.5, 0.6) is 5.75 Å². The summed E-state index contributed by atoms with van der Waals surface area (Å²) in [7, 11) is 0. The van der Waals surface area contributed by atoms with Crippen LogP contribution in [0.4, 0.5) is 5.13 Å². The second-order valence-electron chi connectivity index (χ2n) is 6.81. The summed E-state index contributed by atoms with van der Waals surface area (Å²) in [6.07, 6.45) is 1.67. The smallest absolute Gasteiger partial charge is 0.258 e. The number of benzene rings is 1. The summed E-state index contributed by atoms with van der Waals surface area (Å²) in [4.78, 5) is 24.9. The third-order valence-corrected chi connectivity index (χ3v) is 4.95. The number of hydrogen-bond donors (Lipinski definition) is 1. The van der Waals surface area contributed by atoms with E-state index < -0.39 is 0 Å². The molecule has 0 fully saturated rings. The lowest BCUT2D eigenvalue weighted by Crippen LogP contribution is -2.27. The number of fused-ring (bicyclic) bond motifs is 1. The number of rotatable bonds is 6. The van der Waals surface area contributed by atoms with Crippen LogP contribution in [0, 0.1) is 0 Å². The Hall–Kier alpha value is -2.74. The molecule has 8 heteroatoms. The number of pyridine rings is 1. The summed E-state index contributed by atoms with van der Waals surface area (Å²) in [6, 6.07) is 7.13. The van der Waals surface area contributed by atoms with E-state index in [1.54, 1.807) is 24.4 Å². The number of anilines is 1. The van der Waals surface area contributed by atoms with Gasteiger partial charge in [0.05, 0.1) is 6.10 Å². The highest BCUT2D eigenvalue weighted by molar-refractivity contribution is 7.15. The molecule has 1 aromatic carbocycles. The molecule has 142 valence electrons. The molecular formula is C19H22N4O3S. The topological polar surface area (TPSA) is 86.1 Å². The van der Waals surface area contributed by atoms with E-state index in [1.165, 1.54) is 15.9 Å². The molecule has 0 spiro atoms. The SMILES string of the molecule is CC(C)Oc1ccc2c(=O)n(CC(=O)Nc3nnc(C(C)C)s3)ccc2c1. The molecule has 27 heavy (non-hydrogen) atoms. The van der Waals surface area contributed by atoms with Gasteiger partial charge >= 0.3 is 0 Å². The fourth-order valence-electron chi connectivity index (χ4n) is 2.57. The van der Waals surface area contributed by atoms with Crippen molar-refractivity contribution in [3.8, 4) is 5.75 Å². The molecule has 0 saturated heterocycles. The van der Waals surface area contributed by atoms with Crippen LogP contribution in [0.15, 0.2) is 35.3 Å². The first-order chi connectivity index (χ1) is 12.8. The van der Waals surface area contributed by atoms with Gasteiger partial charge in [-0.05, 0) is 43.5 Å². The van der Waals surface area contributed by atoms with Gasteiger partial charge in [-0.15, -0.1) is 10.2 Å². The van der Waals surface area contributed by atoms with Gasteiger partial charge in [-0.2, -0.15) is 0 Å². The lowest BCUT2D eigenvalue weighted by atomic mass is 10.1. The van der Waals surface area contributed by atoms with Crippen LogP contribution >= 0.6 is 11.3 Å². The molecule has 0 aliphatic carbocycles. The van der Waals surface area contributed by atoms with Crippen LogP contribution in [0.25, 0.3) is 10.8 Å². The zero-order chi connectivity index (χ0) is 19.6. The normalized spacial score (nSPS) is 11.3. The summed E-state index contributed by atoms with van der Waals surface area (Å²) >= 11 is 1.34. The molecule has 1 amide bonds. The minimum Gasteiger partial charge on any atom is -0.491 e. The number of amides is 1. The highest BCUT2D eigenvalue weighted by Gasteiger charge is 2.12. The van der Waals surface area contributed by atoms with Gasteiger partial charge in [-0.25, -0.2) is 0 Å². The van der Waals surface area contributed by atoms with Gasteiger partial charge in [-0.3, -0.25) is 14.9 Å². The predicted octanol–water partition coefficient (Wildman–Crippen LogP) is 3.40. The Morgan fingerprint density at radius 3 is 2.67 bits per heavy atom. The van der Waals surface area contributed by atoms with Gasteiger partial charge in [0.2, 0.25) is 11.0 Å². The quantitative estimate of drug-likeness (QED) is 0.702. The largest absolute Gasteiger partial charge is 0.491 e. The molecule has 2 heterocycles. The zero-order valence-electron chi connectivity index (χ0n) is 15.7. The molecule has 0 saturated carbocycles. The monoisotopic (exact) mass is 386 g/mol. The minimum atomic E-state index is -0.317. The van der Waals surface area contributed by atoms with Gasteiger partial charge in [-0.1, -0.05) is 25.2 Å². The van der Waals surface area contributed by atoms with E-state index in [4.69, 9.17) is 4.74 Å². The third kappa shape index (κ3) is 4.51. The molecule has 2 aromatic heterocycles. The van der Waals surface area contributed by atoms with Crippen molar-refractivity contribution in [2.24, 2.45) is 0 Å². The number of hydrogen-bond acceptors (Lipinski definition) is 6. The maximum atomic E-state index is 12.7. The lowest BCUT2D eigenvalue weighted by molar-refractivity contribution is -0.116. The van der Waals surface area contributed by atoms with Crippen LogP contribution in [-0.4, -0.2) is 26.8 Å². The molecule has 7 nitrogen and oxygen atoms in total. The van der Waals surface area contributed by atoms with E-state index in [0.717, 1.165) is 10.4 Å². The number of nitrogens with zero attached hydrogens (tertiary/aromatic N) is 3. The van der Waals surface area contributed by atoms with E-state index in [1.807, 2.05) is 33.8 Å². The van der Waals surface area contributed by atoms with Crippen molar-refractivity contribution in [2.45, 2.75) is 46.3 Å². The second-order valence-corrected chi connectivity index (χ2v) is 7.82. The fraction of sp³-hybridized carbons (Fsp3) is 0.368. The van der Waals surface area contributed by atoms with E-state index in [9.17, 15) is 9.59 Å². The van der Waals surface area contributed by atoms with Gasteiger partial charge in [0, 0.05) is 17.5 Å². The summed E-state index contributed by atoms with van der Waals surface area (Å²) < 4.78 is 7.04. The van der Waals surface area contributed by atoms with Crippen LogP contribution in [-0.2, 0) is 11.3 Å². The summed E-state index contributed by atoms with van der Waals surface area (Å²) in [5, 5.41) is 13.3. The minimum absolute atomic E-state index is 0.0584. The van der Waals surface area contributed by atoms with Crippen molar-refractivity contribution in [1.82, 2.24) is 14.8 Å². The molecule has 0 aliphatic heterocycles. The number of carbonyl (C=O) groups is 1. The van der Waals surface area contributed by atoms with Crippen molar-refractivity contribution in [3.63, 3.8) is 0 Å². The standard InChI is InChI=1S/C19H22N4O3S/c1-11(2)17-21-22-19(27-17)20-16(24)10-23-8-7-13-9-14(26-12(3)4)5-6-15(13)18(23)25/h5-9,11-12H,10H2,1-4H3,(H,20,22,24). The Kier molecular flexibility index (Phi) is 5.55. The Labute approximate surface area is 161 Å². The molecule has 0 unspecified atom stereocenters. The fourth-order valence-corrected chi connectivity index (χ4v) is 3.33. The molecule has 1 N–H and O–H groups in total. The van der Waals surface area contributed by atoms with Crippen molar-refractivity contribution in [3.05, 3.63) is 45.8 Å². The highest BCUT2D eigenvalue weighted by Crippen LogP contribution is 2.22. The summed E-state index contributed by atoms with van der Waals surface area (Å²) in [5.41, 5.74) is -0.223. The maximum Gasteiger partial charge on any atom is 0.258 e. The molecule has 3 aromatic rings. The molecule has 3 rings (SSSR count). The average Bonchev–Trinajstić information content (AvgIpc) is 3.05. The van der Waals surface area contributed by atoms with Crippen molar-refractivity contribution in [2.75, 3.05) is 5.32 Å². The number of carbonyl (C=O) groups excluding carboxylic acids is 1. The van der Waals surface area contributed by atoms with E-state index in [0.29, 0.717) is 16.3 Å². The third-order valence-electron chi connectivity index (χ3n) is 3.81.